The van der Waals surface area contributed by atoms with Gasteiger partial charge in [-0.05, 0) is 41.6 Å². The van der Waals surface area contributed by atoms with E-state index in [1.54, 1.807) is 12.4 Å². The first-order valence-corrected chi connectivity index (χ1v) is 11.6. The molecular formula is C18H18BrN5O2S2. The number of nitrogens with zero attached hydrogens (tertiary/aromatic N) is 4. The third kappa shape index (κ3) is 2.98. The number of aromatic nitrogens is 3. The van der Waals surface area contributed by atoms with Crippen LogP contribution in [0.5, 0.6) is 0 Å². The van der Waals surface area contributed by atoms with Crippen LogP contribution in [-0.2, 0) is 0 Å². The highest BCUT2D eigenvalue weighted by molar-refractivity contribution is 9.11. The number of imidazole rings is 1. The molecule has 5 rings (SSSR count). The number of hydrogen-bond acceptors (Lipinski definition) is 6. The minimum Gasteiger partial charge on any atom is -0.348 e. The molecule has 2 amide bonds. The van der Waals surface area contributed by atoms with Crippen molar-refractivity contribution in [3.05, 3.63) is 38.0 Å². The minimum absolute atomic E-state index is 0.0750. The summed E-state index contributed by atoms with van der Waals surface area (Å²) in [6.07, 6.45) is 7.24. The molecule has 3 aromatic rings. The van der Waals surface area contributed by atoms with Crippen molar-refractivity contribution in [1.29, 1.82) is 0 Å². The van der Waals surface area contributed by atoms with Crippen LogP contribution in [0.15, 0.2) is 22.5 Å². The highest BCUT2D eigenvalue weighted by Crippen LogP contribution is 2.39. The number of halogens is 1. The van der Waals surface area contributed by atoms with Gasteiger partial charge >= 0.3 is 0 Å². The number of nitrogens with one attached hydrogen (secondary N) is 1. The Labute approximate surface area is 177 Å². The molecule has 0 bridgehead atoms. The predicted molar refractivity (Wildman–Crippen MR) is 111 cm³/mol. The monoisotopic (exact) mass is 479 g/mol. The largest absolute Gasteiger partial charge is 0.348 e. The molecule has 7 nitrogen and oxygen atoms in total. The van der Waals surface area contributed by atoms with Crippen LogP contribution in [0.4, 0.5) is 0 Å². The van der Waals surface area contributed by atoms with Crippen molar-refractivity contribution in [1.82, 2.24) is 24.6 Å². The van der Waals surface area contributed by atoms with Gasteiger partial charge in [0.25, 0.3) is 11.8 Å². The van der Waals surface area contributed by atoms with Gasteiger partial charge in [0.2, 0.25) is 0 Å². The lowest BCUT2D eigenvalue weighted by Gasteiger charge is -2.21. The van der Waals surface area contributed by atoms with E-state index in [9.17, 15) is 9.59 Å². The first kappa shape index (κ1) is 18.3. The second-order valence-corrected chi connectivity index (χ2v) is 10.6. The molecule has 2 aliphatic rings. The lowest BCUT2D eigenvalue weighted by molar-refractivity contribution is 0.0781. The summed E-state index contributed by atoms with van der Waals surface area (Å²) in [4.78, 5) is 38.2. The van der Waals surface area contributed by atoms with Gasteiger partial charge in [-0.2, -0.15) is 0 Å². The molecule has 3 aromatic heterocycles. The highest BCUT2D eigenvalue weighted by Gasteiger charge is 2.45. The van der Waals surface area contributed by atoms with Gasteiger partial charge in [-0.25, -0.2) is 9.97 Å². The predicted octanol–water partition coefficient (Wildman–Crippen LogP) is 3.20. The Bertz CT molecular complexity index is 1070. The van der Waals surface area contributed by atoms with Crippen molar-refractivity contribution in [3.63, 3.8) is 0 Å². The average molecular weight is 480 g/mol. The fraction of sp³-hybridized carbons (Fsp3) is 0.444. The van der Waals surface area contributed by atoms with Crippen LogP contribution in [0, 0.1) is 18.8 Å². The van der Waals surface area contributed by atoms with E-state index in [4.69, 9.17) is 0 Å². The van der Waals surface area contributed by atoms with Crippen LogP contribution in [0.3, 0.4) is 0 Å². The second-order valence-electron chi connectivity index (χ2n) is 7.37. The van der Waals surface area contributed by atoms with E-state index < -0.39 is 0 Å². The SMILES string of the molecule is Cc1c(C(=O)N2CC3CCC(NC(=O)c4cnc(Br)s4)C3C2)sc2nccn12. The van der Waals surface area contributed by atoms with Gasteiger partial charge in [-0.3, -0.25) is 14.0 Å². The molecule has 0 spiro atoms. The van der Waals surface area contributed by atoms with E-state index in [1.165, 1.54) is 22.7 Å². The van der Waals surface area contributed by atoms with E-state index in [1.807, 2.05) is 22.4 Å². The Balaban J connectivity index is 1.29. The smallest absolute Gasteiger partial charge is 0.265 e. The summed E-state index contributed by atoms with van der Waals surface area (Å²) < 4.78 is 2.67. The molecule has 0 radical (unpaired) electrons. The van der Waals surface area contributed by atoms with Gasteiger partial charge in [0.15, 0.2) is 8.88 Å². The zero-order valence-corrected chi connectivity index (χ0v) is 18.3. The van der Waals surface area contributed by atoms with E-state index in [2.05, 4.69) is 31.2 Å². The zero-order chi connectivity index (χ0) is 19.4. The van der Waals surface area contributed by atoms with Crippen molar-refractivity contribution < 1.29 is 9.59 Å². The molecule has 28 heavy (non-hydrogen) atoms. The highest BCUT2D eigenvalue weighted by atomic mass is 79.9. The Morgan fingerprint density at radius 3 is 2.86 bits per heavy atom. The third-order valence-electron chi connectivity index (χ3n) is 5.85. The van der Waals surface area contributed by atoms with Crippen LogP contribution in [0.25, 0.3) is 4.96 Å². The van der Waals surface area contributed by atoms with Gasteiger partial charge in [-0.15, -0.1) is 11.3 Å². The molecule has 1 saturated heterocycles. The number of likely N-dealkylation sites (tertiary alicyclic amines) is 1. The van der Waals surface area contributed by atoms with Crippen LogP contribution < -0.4 is 5.32 Å². The summed E-state index contributed by atoms with van der Waals surface area (Å²) in [6.45, 7) is 3.42. The second kappa shape index (κ2) is 6.93. The molecule has 3 atom stereocenters. The summed E-state index contributed by atoms with van der Waals surface area (Å²) in [6, 6.07) is 0.109. The van der Waals surface area contributed by atoms with Crippen LogP contribution >= 0.6 is 38.6 Å². The topological polar surface area (TPSA) is 79.6 Å². The molecule has 2 fully saturated rings. The number of thiazole rings is 2. The Kier molecular flexibility index (Phi) is 4.52. The summed E-state index contributed by atoms with van der Waals surface area (Å²) in [7, 11) is 0. The fourth-order valence-corrected chi connectivity index (χ4v) is 6.67. The average Bonchev–Trinajstić information content (AvgIpc) is 3.44. The van der Waals surface area contributed by atoms with E-state index in [0.717, 1.165) is 34.9 Å². The van der Waals surface area contributed by atoms with Crippen LogP contribution in [0.1, 0.15) is 37.9 Å². The zero-order valence-electron chi connectivity index (χ0n) is 15.1. The lowest BCUT2D eigenvalue weighted by Crippen LogP contribution is -2.40. The van der Waals surface area contributed by atoms with Crippen molar-refractivity contribution in [2.24, 2.45) is 11.8 Å². The Hall–Kier alpha value is -1.78. The van der Waals surface area contributed by atoms with Crippen molar-refractivity contribution in [2.75, 3.05) is 13.1 Å². The van der Waals surface area contributed by atoms with E-state index in [-0.39, 0.29) is 17.9 Å². The maximum atomic E-state index is 13.1. The Morgan fingerprint density at radius 1 is 1.25 bits per heavy atom. The maximum absolute atomic E-state index is 13.1. The quantitative estimate of drug-likeness (QED) is 0.625. The first-order valence-electron chi connectivity index (χ1n) is 9.15. The molecule has 4 heterocycles. The standard InChI is InChI=1S/C18H18BrN5O2S2/c1-9-14(28-18-20-4-5-24(9)18)16(26)23-7-10-2-3-12(11(10)8-23)22-15(25)13-6-21-17(19)27-13/h4-6,10-12H,2-3,7-8H2,1H3,(H,22,25). The third-order valence-corrected chi connectivity index (χ3v) is 8.48. The van der Waals surface area contributed by atoms with Gasteiger partial charge in [0.1, 0.15) is 9.75 Å². The normalized spacial score (nSPS) is 24.1. The summed E-state index contributed by atoms with van der Waals surface area (Å²) in [5.74, 6) is 0.772. The molecular weight excluding hydrogens is 462 g/mol. The summed E-state index contributed by atoms with van der Waals surface area (Å²) in [5.41, 5.74) is 0.945. The number of hydrogen-bond donors (Lipinski definition) is 1. The molecule has 3 unspecified atom stereocenters. The first-order chi connectivity index (χ1) is 13.5. The van der Waals surface area contributed by atoms with Crippen molar-refractivity contribution in [3.8, 4) is 0 Å². The number of aryl methyl sites for hydroxylation is 1. The number of carbonyl (C=O) groups excluding carboxylic acids is 2. The number of carbonyl (C=O) groups is 2. The Morgan fingerprint density at radius 2 is 2.11 bits per heavy atom. The molecule has 1 saturated carbocycles. The van der Waals surface area contributed by atoms with Crippen molar-refractivity contribution in [2.45, 2.75) is 25.8 Å². The summed E-state index contributed by atoms with van der Waals surface area (Å²) in [5, 5.41) is 3.17. The van der Waals surface area contributed by atoms with E-state index in [0.29, 0.717) is 27.2 Å². The van der Waals surface area contributed by atoms with Gasteiger partial charge in [-0.1, -0.05) is 11.3 Å². The molecule has 146 valence electrons. The van der Waals surface area contributed by atoms with Gasteiger partial charge < -0.3 is 10.2 Å². The lowest BCUT2D eigenvalue weighted by atomic mass is 9.98. The molecule has 1 aliphatic heterocycles. The molecule has 10 heteroatoms. The molecule has 1 N–H and O–H groups in total. The molecule has 0 aromatic carbocycles. The summed E-state index contributed by atoms with van der Waals surface area (Å²) >= 11 is 6.08. The maximum Gasteiger partial charge on any atom is 0.265 e. The van der Waals surface area contributed by atoms with Crippen molar-refractivity contribution >= 4 is 55.4 Å². The van der Waals surface area contributed by atoms with Gasteiger partial charge in [0, 0.05) is 43.1 Å². The van der Waals surface area contributed by atoms with Crippen LogP contribution in [0.2, 0.25) is 0 Å². The van der Waals surface area contributed by atoms with Gasteiger partial charge in [0.05, 0.1) is 6.20 Å². The fourth-order valence-electron chi connectivity index (χ4n) is 4.44. The van der Waals surface area contributed by atoms with Crippen LogP contribution in [-0.4, -0.2) is 50.2 Å². The number of amides is 2. The van der Waals surface area contributed by atoms with E-state index >= 15 is 0 Å². The molecule has 1 aliphatic carbocycles. The number of fused-ring (bicyclic) bond motifs is 2. The minimum atomic E-state index is -0.0750. The number of rotatable bonds is 3.